The fourth-order valence-corrected chi connectivity index (χ4v) is 1.57. The molecule has 0 amide bonds. The first kappa shape index (κ1) is 14.7. The van der Waals surface area contributed by atoms with Crippen LogP contribution in [0.15, 0.2) is 24.3 Å². The third kappa shape index (κ3) is 5.80. The van der Waals surface area contributed by atoms with Crippen LogP contribution in [0.2, 0.25) is 0 Å². The highest BCUT2D eigenvalue weighted by Crippen LogP contribution is 2.05. The highest BCUT2D eigenvalue weighted by atomic mass is 16.6. The Morgan fingerprint density at radius 1 is 1.33 bits per heavy atom. The molecule has 0 saturated heterocycles. The van der Waals surface area contributed by atoms with E-state index in [-0.39, 0.29) is 12.6 Å². The maximum absolute atomic E-state index is 11.0. The zero-order valence-electron chi connectivity index (χ0n) is 11.1. The van der Waals surface area contributed by atoms with E-state index in [1.807, 2.05) is 12.1 Å². The summed E-state index contributed by atoms with van der Waals surface area (Å²) in [6, 6.07) is 8.29. The first-order chi connectivity index (χ1) is 8.74. The van der Waals surface area contributed by atoms with Crippen molar-refractivity contribution in [1.82, 2.24) is 5.32 Å². The Kier molecular flexibility index (Phi) is 7.06. The SMILES string of the molecule is COCC(=O)OCCCNCc1ccccc1C. The monoisotopic (exact) mass is 251 g/mol. The van der Waals surface area contributed by atoms with Crippen molar-refractivity contribution in [3.05, 3.63) is 35.4 Å². The van der Waals surface area contributed by atoms with Crippen molar-refractivity contribution in [3.8, 4) is 0 Å². The van der Waals surface area contributed by atoms with E-state index in [0.717, 1.165) is 19.5 Å². The Hall–Kier alpha value is -1.39. The van der Waals surface area contributed by atoms with Crippen LogP contribution >= 0.6 is 0 Å². The third-order valence-corrected chi connectivity index (χ3v) is 2.60. The van der Waals surface area contributed by atoms with Crippen LogP contribution in [0.25, 0.3) is 0 Å². The number of carbonyl (C=O) groups is 1. The van der Waals surface area contributed by atoms with Crippen molar-refractivity contribution in [2.24, 2.45) is 0 Å². The van der Waals surface area contributed by atoms with Crippen LogP contribution < -0.4 is 5.32 Å². The zero-order valence-corrected chi connectivity index (χ0v) is 11.1. The van der Waals surface area contributed by atoms with Crippen molar-refractivity contribution in [1.29, 1.82) is 0 Å². The molecule has 0 aliphatic heterocycles. The van der Waals surface area contributed by atoms with Gasteiger partial charge in [0.05, 0.1) is 6.61 Å². The Labute approximate surface area is 108 Å². The van der Waals surface area contributed by atoms with Gasteiger partial charge in [-0.25, -0.2) is 4.79 Å². The summed E-state index contributed by atoms with van der Waals surface area (Å²) in [5.41, 5.74) is 2.59. The minimum absolute atomic E-state index is 0.0244. The molecule has 0 saturated carbocycles. The van der Waals surface area contributed by atoms with Crippen LogP contribution in [0.5, 0.6) is 0 Å². The molecule has 0 unspecified atom stereocenters. The van der Waals surface area contributed by atoms with E-state index >= 15 is 0 Å². The Bertz CT molecular complexity index is 366. The number of rotatable bonds is 8. The van der Waals surface area contributed by atoms with Crippen molar-refractivity contribution in [3.63, 3.8) is 0 Å². The van der Waals surface area contributed by atoms with Crippen molar-refractivity contribution in [2.45, 2.75) is 19.9 Å². The molecule has 18 heavy (non-hydrogen) atoms. The van der Waals surface area contributed by atoms with E-state index in [1.165, 1.54) is 18.2 Å². The van der Waals surface area contributed by atoms with Gasteiger partial charge in [-0.2, -0.15) is 0 Å². The van der Waals surface area contributed by atoms with Gasteiger partial charge in [-0.05, 0) is 31.0 Å². The standard InChI is InChI=1S/C14H21NO3/c1-12-6-3-4-7-13(12)10-15-8-5-9-18-14(16)11-17-2/h3-4,6-7,15H,5,8-11H2,1-2H3. The van der Waals surface area contributed by atoms with Gasteiger partial charge in [0.2, 0.25) is 0 Å². The Morgan fingerprint density at radius 2 is 2.11 bits per heavy atom. The fourth-order valence-electron chi connectivity index (χ4n) is 1.57. The van der Waals surface area contributed by atoms with Gasteiger partial charge in [0.25, 0.3) is 0 Å². The number of carbonyl (C=O) groups excluding carboxylic acids is 1. The zero-order chi connectivity index (χ0) is 13.2. The topological polar surface area (TPSA) is 47.6 Å². The highest BCUT2D eigenvalue weighted by molar-refractivity contribution is 5.70. The molecule has 0 aliphatic carbocycles. The molecule has 0 spiro atoms. The van der Waals surface area contributed by atoms with Gasteiger partial charge in [0.15, 0.2) is 0 Å². The normalized spacial score (nSPS) is 10.3. The Morgan fingerprint density at radius 3 is 2.83 bits per heavy atom. The van der Waals surface area contributed by atoms with E-state index < -0.39 is 0 Å². The molecule has 4 heteroatoms. The van der Waals surface area contributed by atoms with Crippen LogP contribution in [0.4, 0.5) is 0 Å². The summed E-state index contributed by atoms with van der Waals surface area (Å²) in [7, 11) is 1.48. The summed E-state index contributed by atoms with van der Waals surface area (Å²) < 4.78 is 9.62. The lowest BCUT2D eigenvalue weighted by molar-refractivity contribution is -0.147. The lowest BCUT2D eigenvalue weighted by Gasteiger charge is -2.08. The average Bonchev–Trinajstić information content (AvgIpc) is 2.36. The van der Waals surface area contributed by atoms with Crippen LogP contribution in [0.1, 0.15) is 17.5 Å². The van der Waals surface area contributed by atoms with Gasteiger partial charge >= 0.3 is 5.97 Å². The molecule has 0 fully saturated rings. The van der Waals surface area contributed by atoms with Gasteiger partial charge in [-0.3, -0.25) is 0 Å². The van der Waals surface area contributed by atoms with Crippen molar-refractivity contribution in [2.75, 3.05) is 26.9 Å². The predicted molar refractivity (Wildman–Crippen MR) is 70.3 cm³/mol. The molecule has 1 aromatic rings. The smallest absolute Gasteiger partial charge is 0.332 e. The number of hydrogen-bond donors (Lipinski definition) is 1. The molecular formula is C14H21NO3. The molecule has 0 heterocycles. The van der Waals surface area contributed by atoms with Crippen molar-refractivity contribution < 1.29 is 14.3 Å². The molecule has 1 N–H and O–H groups in total. The number of benzene rings is 1. The van der Waals surface area contributed by atoms with Gasteiger partial charge < -0.3 is 14.8 Å². The summed E-state index contributed by atoms with van der Waals surface area (Å²) in [4.78, 5) is 11.0. The lowest BCUT2D eigenvalue weighted by atomic mass is 10.1. The van der Waals surface area contributed by atoms with E-state index in [9.17, 15) is 4.79 Å². The number of esters is 1. The summed E-state index contributed by atoms with van der Waals surface area (Å²) in [6.07, 6.45) is 0.807. The van der Waals surface area contributed by atoms with Crippen LogP contribution in [0, 0.1) is 6.92 Å². The minimum atomic E-state index is -0.309. The second kappa shape index (κ2) is 8.66. The van der Waals surface area contributed by atoms with Crippen LogP contribution in [-0.4, -0.2) is 32.8 Å². The first-order valence-corrected chi connectivity index (χ1v) is 6.14. The molecule has 1 aromatic carbocycles. The molecular weight excluding hydrogens is 230 g/mol. The van der Waals surface area contributed by atoms with Crippen LogP contribution in [-0.2, 0) is 20.8 Å². The van der Waals surface area contributed by atoms with E-state index in [2.05, 4.69) is 29.1 Å². The van der Waals surface area contributed by atoms with Crippen molar-refractivity contribution >= 4 is 5.97 Å². The summed E-state index contributed by atoms with van der Waals surface area (Å²) in [5.74, 6) is -0.309. The van der Waals surface area contributed by atoms with E-state index in [1.54, 1.807) is 0 Å². The second-order valence-electron chi connectivity index (χ2n) is 4.11. The fraction of sp³-hybridized carbons (Fsp3) is 0.500. The van der Waals surface area contributed by atoms with Gasteiger partial charge in [-0.15, -0.1) is 0 Å². The number of aryl methyl sites for hydroxylation is 1. The van der Waals surface area contributed by atoms with Gasteiger partial charge in [-0.1, -0.05) is 24.3 Å². The minimum Gasteiger partial charge on any atom is -0.464 e. The number of methoxy groups -OCH3 is 1. The summed E-state index contributed by atoms with van der Waals surface area (Å²) >= 11 is 0. The number of nitrogens with one attached hydrogen (secondary N) is 1. The molecule has 100 valence electrons. The highest BCUT2D eigenvalue weighted by Gasteiger charge is 2.00. The Balaban J connectivity index is 2.06. The van der Waals surface area contributed by atoms with E-state index in [0.29, 0.717) is 6.61 Å². The lowest BCUT2D eigenvalue weighted by Crippen LogP contribution is -2.19. The molecule has 1 rings (SSSR count). The predicted octanol–water partition coefficient (Wildman–Crippen LogP) is 1.66. The average molecular weight is 251 g/mol. The quantitative estimate of drug-likeness (QED) is 0.564. The van der Waals surface area contributed by atoms with Gasteiger partial charge in [0.1, 0.15) is 6.61 Å². The number of hydrogen-bond acceptors (Lipinski definition) is 4. The molecule has 0 radical (unpaired) electrons. The summed E-state index contributed by atoms with van der Waals surface area (Å²) in [5, 5.41) is 3.33. The third-order valence-electron chi connectivity index (χ3n) is 2.60. The van der Waals surface area contributed by atoms with Gasteiger partial charge in [0, 0.05) is 13.7 Å². The molecule has 0 atom stereocenters. The molecule has 0 bridgehead atoms. The number of ether oxygens (including phenoxy) is 2. The molecule has 4 nitrogen and oxygen atoms in total. The maximum atomic E-state index is 11.0. The largest absolute Gasteiger partial charge is 0.464 e. The molecule has 0 aliphatic rings. The van der Waals surface area contributed by atoms with E-state index in [4.69, 9.17) is 4.74 Å². The van der Waals surface area contributed by atoms with Crippen LogP contribution in [0.3, 0.4) is 0 Å². The summed E-state index contributed by atoms with van der Waals surface area (Å²) in [6.45, 7) is 4.23. The molecule has 0 aromatic heterocycles. The first-order valence-electron chi connectivity index (χ1n) is 6.14. The second-order valence-corrected chi connectivity index (χ2v) is 4.11. The maximum Gasteiger partial charge on any atom is 0.332 e.